The van der Waals surface area contributed by atoms with Gasteiger partial charge in [0.15, 0.2) is 0 Å². The quantitative estimate of drug-likeness (QED) is 0.821. The van der Waals surface area contributed by atoms with E-state index in [4.69, 9.17) is 5.73 Å². The van der Waals surface area contributed by atoms with Gasteiger partial charge in [-0.1, -0.05) is 43.5 Å². The lowest BCUT2D eigenvalue weighted by Crippen LogP contribution is -2.18. The monoisotopic (exact) mass is 219 g/mol. The highest BCUT2D eigenvalue weighted by molar-refractivity contribution is 5.33. The second kappa shape index (κ2) is 5.46. The first kappa shape index (κ1) is 11.6. The van der Waals surface area contributed by atoms with Gasteiger partial charge in [0.1, 0.15) is 0 Å². The molecule has 1 fully saturated rings. The van der Waals surface area contributed by atoms with E-state index in [1.54, 1.807) is 0 Å². The van der Waals surface area contributed by atoms with Crippen molar-refractivity contribution in [2.24, 2.45) is 5.73 Å². The standard InChI is InChI=1S/C14H21NO/c15-14(10-16)13-9-5-4-8-12(13)11-6-2-1-3-7-11/h4-5,8-9,11,14,16H,1-3,6-7,10,15H2/t14-/m1/s1. The van der Waals surface area contributed by atoms with Crippen molar-refractivity contribution in [1.29, 1.82) is 0 Å². The fraction of sp³-hybridized carbons (Fsp3) is 0.571. The highest BCUT2D eigenvalue weighted by Crippen LogP contribution is 2.35. The second-order valence-electron chi connectivity index (χ2n) is 4.75. The molecule has 1 aliphatic carbocycles. The van der Waals surface area contributed by atoms with Crippen molar-refractivity contribution >= 4 is 0 Å². The minimum absolute atomic E-state index is 0.0315. The van der Waals surface area contributed by atoms with Crippen molar-refractivity contribution in [3.63, 3.8) is 0 Å². The van der Waals surface area contributed by atoms with Gasteiger partial charge in [-0.3, -0.25) is 0 Å². The van der Waals surface area contributed by atoms with Crippen LogP contribution in [0.25, 0.3) is 0 Å². The van der Waals surface area contributed by atoms with Crippen LogP contribution in [-0.4, -0.2) is 11.7 Å². The Labute approximate surface area is 97.5 Å². The molecule has 16 heavy (non-hydrogen) atoms. The summed E-state index contributed by atoms with van der Waals surface area (Å²) in [5.41, 5.74) is 8.45. The summed E-state index contributed by atoms with van der Waals surface area (Å²) in [6, 6.07) is 8.11. The number of rotatable bonds is 3. The van der Waals surface area contributed by atoms with E-state index in [0.29, 0.717) is 5.92 Å². The lowest BCUT2D eigenvalue weighted by molar-refractivity contribution is 0.266. The van der Waals surface area contributed by atoms with Crippen LogP contribution >= 0.6 is 0 Å². The van der Waals surface area contributed by atoms with E-state index in [1.807, 2.05) is 6.07 Å². The average molecular weight is 219 g/mol. The van der Waals surface area contributed by atoms with Crippen LogP contribution in [0.3, 0.4) is 0 Å². The van der Waals surface area contributed by atoms with Gasteiger partial charge in [0.25, 0.3) is 0 Å². The molecule has 0 amide bonds. The topological polar surface area (TPSA) is 46.2 Å². The van der Waals surface area contributed by atoms with E-state index in [0.717, 1.165) is 5.56 Å². The van der Waals surface area contributed by atoms with Crippen molar-refractivity contribution in [1.82, 2.24) is 0 Å². The lowest BCUT2D eigenvalue weighted by Gasteiger charge is -2.25. The van der Waals surface area contributed by atoms with E-state index >= 15 is 0 Å². The molecule has 0 aromatic heterocycles. The highest BCUT2D eigenvalue weighted by Gasteiger charge is 2.20. The molecule has 88 valence electrons. The first-order valence-corrected chi connectivity index (χ1v) is 6.28. The van der Waals surface area contributed by atoms with Crippen molar-refractivity contribution in [3.05, 3.63) is 35.4 Å². The first-order chi connectivity index (χ1) is 7.83. The van der Waals surface area contributed by atoms with Crippen LogP contribution in [0.5, 0.6) is 0 Å². The molecule has 1 saturated carbocycles. The summed E-state index contributed by atoms with van der Waals surface area (Å²) in [6.07, 6.45) is 6.57. The molecule has 0 aliphatic heterocycles. The summed E-state index contributed by atoms with van der Waals surface area (Å²) in [5, 5.41) is 9.19. The predicted octanol–water partition coefficient (Wildman–Crippen LogP) is 2.73. The molecule has 0 bridgehead atoms. The van der Waals surface area contributed by atoms with Gasteiger partial charge in [-0.05, 0) is 29.9 Å². The van der Waals surface area contributed by atoms with Crippen LogP contribution in [0.15, 0.2) is 24.3 Å². The molecule has 3 N–H and O–H groups in total. The zero-order chi connectivity index (χ0) is 11.4. The van der Waals surface area contributed by atoms with E-state index in [2.05, 4.69) is 18.2 Å². The van der Waals surface area contributed by atoms with E-state index in [-0.39, 0.29) is 12.6 Å². The molecule has 0 radical (unpaired) electrons. The molecule has 1 atom stereocenters. The predicted molar refractivity (Wildman–Crippen MR) is 66.3 cm³/mol. The minimum Gasteiger partial charge on any atom is -0.394 e. The fourth-order valence-electron chi connectivity index (χ4n) is 2.73. The maximum Gasteiger partial charge on any atom is 0.0624 e. The third kappa shape index (κ3) is 2.45. The Kier molecular flexibility index (Phi) is 3.97. The number of hydrogen-bond acceptors (Lipinski definition) is 2. The number of nitrogens with two attached hydrogens (primary N) is 1. The van der Waals surface area contributed by atoms with Crippen LogP contribution in [0, 0.1) is 0 Å². The Morgan fingerprint density at radius 3 is 2.56 bits per heavy atom. The second-order valence-corrected chi connectivity index (χ2v) is 4.75. The van der Waals surface area contributed by atoms with Gasteiger partial charge < -0.3 is 10.8 Å². The maximum absolute atomic E-state index is 9.19. The van der Waals surface area contributed by atoms with E-state index in [1.165, 1.54) is 37.7 Å². The Hall–Kier alpha value is -0.860. The molecule has 1 aromatic carbocycles. The van der Waals surface area contributed by atoms with Gasteiger partial charge in [-0.15, -0.1) is 0 Å². The molecular weight excluding hydrogens is 198 g/mol. The molecule has 2 nitrogen and oxygen atoms in total. The first-order valence-electron chi connectivity index (χ1n) is 6.28. The van der Waals surface area contributed by atoms with Gasteiger partial charge in [-0.2, -0.15) is 0 Å². The maximum atomic E-state index is 9.19. The Bertz CT molecular complexity index is 331. The number of aliphatic hydroxyl groups excluding tert-OH is 1. The molecule has 1 aromatic rings. The van der Waals surface area contributed by atoms with Crippen molar-refractivity contribution < 1.29 is 5.11 Å². The van der Waals surface area contributed by atoms with Gasteiger partial charge in [0.2, 0.25) is 0 Å². The molecule has 1 aliphatic rings. The van der Waals surface area contributed by atoms with Crippen LogP contribution in [0.1, 0.15) is 55.2 Å². The van der Waals surface area contributed by atoms with Gasteiger partial charge >= 0.3 is 0 Å². The van der Waals surface area contributed by atoms with Crippen molar-refractivity contribution in [2.75, 3.05) is 6.61 Å². The zero-order valence-corrected chi connectivity index (χ0v) is 9.73. The van der Waals surface area contributed by atoms with Crippen LogP contribution in [-0.2, 0) is 0 Å². The van der Waals surface area contributed by atoms with Crippen LogP contribution in [0.2, 0.25) is 0 Å². The van der Waals surface area contributed by atoms with Gasteiger partial charge in [-0.25, -0.2) is 0 Å². The summed E-state index contributed by atoms with van der Waals surface area (Å²) in [5.74, 6) is 0.655. The lowest BCUT2D eigenvalue weighted by atomic mass is 9.81. The smallest absolute Gasteiger partial charge is 0.0624 e. The van der Waals surface area contributed by atoms with Crippen LogP contribution < -0.4 is 5.73 Å². The van der Waals surface area contributed by atoms with E-state index in [9.17, 15) is 5.11 Å². The highest BCUT2D eigenvalue weighted by atomic mass is 16.3. The molecule has 2 heteroatoms. The summed E-state index contributed by atoms with van der Waals surface area (Å²) in [7, 11) is 0. The SMILES string of the molecule is N[C@H](CO)c1ccccc1C1CCCCC1. The Morgan fingerprint density at radius 2 is 1.88 bits per heavy atom. The zero-order valence-electron chi connectivity index (χ0n) is 9.73. The molecular formula is C14H21NO. The number of hydrogen-bond donors (Lipinski definition) is 2. The minimum atomic E-state index is -0.224. The summed E-state index contributed by atoms with van der Waals surface area (Å²) < 4.78 is 0. The van der Waals surface area contributed by atoms with Crippen molar-refractivity contribution in [3.8, 4) is 0 Å². The molecule has 0 unspecified atom stereocenters. The average Bonchev–Trinajstić information content (AvgIpc) is 2.39. The number of aliphatic hydroxyl groups is 1. The number of benzene rings is 1. The van der Waals surface area contributed by atoms with Gasteiger partial charge in [0.05, 0.1) is 12.6 Å². The van der Waals surface area contributed by atoms with Crippen molar-refractivity contribution in [2.45, 2.75) is 44.1 Å². The third-order valence-corrected chi connectivity index (χ3v) is 3.64. The normalized spacial score (nSPS) is 19.6. The Balaban J connectivity index is 2.24. The molecule has 2 rings (SSSR count). The van der Waals surface area contributed by atoms with E-state index < -0.39 is 0 Å². The summed E-state index contributed by atoms with van der Waals surface area (Å²) >= 11 is 0. The molecule has 0 heterocycles. The third-order valence-electron chi connectivity index (χ3n) is 3.64. The largest absolute Gasteiger partial charge is 0.394 e. The van der Waals surface area contributed by atoms with Crippen LogP contribution in [0.4, 0.5) is 0 Å². The Morgan fingerprint density at radius 1 is 1.19 bits per heavy atom. The van der Waals surface area contributed by atoms with Gasteiger partial charge in [0, 0.05) is 0 Å². The summed E-state index contributed by atoms with van der Waals surface area (Å²) in [6.45, 7) is 0.0315. The summed E-state index contributed by atoms with van der Waals surface area (Å²) in [4.78, 5) is 0. The molecule has 0 saturated heterocycles. The fourth-order valence-corrected chi connectivity index (χ4v) is 2.73. The molecule has 0 spiro atoms.